The van der Waals surface area contributed by atoms with E-state index in [0.717, 1.165) is 0 Å². The molecule has 0 bridgehead atoms. The molecule has 8 heteroatoms. The molecule has 1 saturated heterocycles. The summed E-state index contributed by atoms with van der Waals surface area (Å²) in [5.41, 5.74) is -0.972. The summed E-state index contributed by atoms with van der Waals surface area (Å²) in [4.78, 5) is 14.1. The van der Waals surface area contributed by atoms with Gasteiger partial charge in [0.05, 0.1) is 18.8 Å². The average Bonchev–Trinajstić information content (AvgIpc) is 2.72. The molecule has 1 heterocycles. The van der Waals surface area contributed by atoms with E-state index in [-0.39, 0.29) is 12.4 Å². The van der Waals surface area contributed by atoms with Crippen molar-refractivity contribution in [3.63, 3.8) is 0 Å². The summed E-state index contributed by atoms with van der Waals surface area (Å²) in [6.45, 7) is 10.4. The Morgan fingerprint density at radius 1 is 1.22 bits per heavy atom. The zero-order valence-corrected chi connectivity index (χ0v) is 17.6. The number of benzene rings is 1. The van der Waals surface area contributed by atoms with Crippen molar-refractivity contribution < 1.29 is 26.9 Å². The van der Waals surface area contributed by atoms with Gasteiger partial charge in [0.2, 0.25) is 0 Å². The van der Waals surface area contributed by atoms with Gasteiger partial charge in [0.1, 0.15) is 17.1 Å². The van der Waals surface area contributed by atoms with E-state index in [4.69, 9.17) is 13.7 Å². The molecule has 0 aliphatic carbocycles. The van der Waals surface area contributed by atoms with Gasteiger partial charge in [-0.3, -0.25) is 9.08 Å². The molecule has 1 aliphatic rings. The van der Waals surface area contributed by atoms with Crippen molar-refractivity contribution >= 4 is 16.2 Å². The molecule has 1 aliphatic heterocycles. The van der Waals surface area contributed by atoms with Gasteiger partial charge in [-0.2, -0.15) is 8.42 Å². The summed E-state index contributed by atoms with van der Waals surface area (Å²) in [6, 6.07) is 8.21. The van der Waals surface area contributed by atoms with Crippen LogP contribution >= 0.6 is 0 Å². The molecule has 0 spiro atoms. The van der Waals surface area contributed by atoms with Crippen LogP contribution in [-0.4, -0.2) is 49.5 Å². The zero-order chi connectivity index (χ0) is 20.5. The molecular weight excluding hydrogens is 370 g/mol. The second-order valence-electron chi connectivity index (χ2n) is 8.16. The highest BCUT2D eigenvalue weighted by molar-refractivity contribution is 7.85. The van der Waals surface area contributed by atoms with Crippen LogP contribution in [-0.2, 0) is 29.5 Å². The van der Waals surface area contributed by atoms with Crippen LogP contribution in [0.2, 0.25) is 0 Å². The van der Waals surface area contributed by atoms with Gasteiger partial charge in [-0.15, -0.1) is 0 Å². The number of amides is 1. The highest BCUT2D eigenvalue weighted by atomic mass is 32.2. The summed E-state index contributed by atoms with van der Waals surface area (Å²) in [7, 11) is -3.80. The first-order valence-corrected chi connectivity index (χ1v) is 10.5. The number of carbonyl (C=O) groups excluding carboxylic acids is 1. The quantitative estimate of drug-likeness (QED) is 0.707. The summed E-state index contributed by atoms with van der Waals surface area (Å²) < 4.78 is 41.2. The maximum absolute atomic E-state index is 12.7. The lowest BCUT2D eigenvalue weighted by Crippen LogP contribution is -2.51. The lowest BCUT2D eigenvalue weighted by Gasteiger charge is -2.34. The van der Waals surface area contributed by atoms with Crippen molar-refractivity contribution in [2.45, 2.75) is 70.8 Å². The Bertz CT molecular complexity index is 754. The van der Waals surface area contributed by atoms with Crippen molar-refractivity contribution in [2.75, 3.05) is 6.61 Å². The van der Waals surface area contributed by atoms with Crippen LogP contribution in [0.4, 0.5) is 4.79 Å². The normalized spacial score (nSPS) is 22.7. The largest absolute Gasteiger partial charge is 0.444 e. The standard InChI is InChI=1S/C19H29NO6S/c1-14-16(12-24-27(22,23)13-15-10-8-7-9-11-15)20(19(5,6)25-14)17(21)26-18(2,3)4/h7-11,14,16H,12-13H2,1-6H3/t14-,16-/m1/s1. The first-order chi connectivity index (χ1) is 12.3. The molecule has 1 amide bonds. The zero-order valence-electron chi connectivity index (χ0n) is 16.8. The minimum atomic E-state index is -3.80. The minimum Gasteiger partial charge on any atom is -0.444 e. The van der Waals surface area contributed by atoms with Gasteiger partial charge in [-0.05, 0) is 47.1 Å². The molecule has 152 valence electrons. The van der Waals surface area contributed by atoms with Gasteiger partial charge in [-0.25, -0.2) is 4.79 Å². The Labute approximate surface area is 161 Å². The molecule has 2 rings (SSSR count). The van der Waals surface area contributed by atoms with E-state index in [1.54, 1.807) is 65.8 Å². The molecule has 0 aromatic heterocycles. The third-order valence-corrected chi connectivity index (χ3v) is 5.30. The Kier molecular flexibility index (Phi) is 6.23. The van der Waals surface area contributed by atoms with Crippen LogP contribution in [0.5, 0.6) is 0 Å². The lowest BCUT2D eigenvalue weighted by atomic mass is 10.1. The molecule has 2 atom stereocenters. The second-order valence-corrected chi connectivity index (χ2v) is 9.80. The maximum Gasteiger partial charge on any atom is 0.412 e. The van der Waals surface area contributed by atoms with E-state index in [1.165, 1.54) is 4.90 Å². The van der Waals surface area contributed by atoms with Gasteiger partial charge in [0.25, 0.3) is 10.1 Å². The molecule has 1 fully saturated rings. The monoisotopic (exact) mass is 399 g/mol. The first kappa shape index (κ1) is 21.7. The number of nitrogens with zero attached hydrogens (tertiary/aromatic N) is 1. The summed E-state index contributed by atoms with van der Waals surface area (Å²) in [5.74, 6) is -0.231. The molecule has 0 unspecified atom stereocenters. The van der Waals surface area contributed by atoms with E-state index in [1.807, 2.05) is 6.07 Å². The Balaban J connectivity index is 2.11. The molecule has 1 aromatic rings. The van der Waals surface area contributed by atoms with Gasteiger partial charge < -0.3 is 9.47 Å². The van der Waals surface area contributed by atoms with Crippen molar-refractivity contribution in [1.29, 1.82) is 0 Å². The molecular formula is C19H29NO6S. The number of rotatable bonds is 5. The van der Waals surface area contributed by atoms with Crippen molar-refractivity contribution in [3.8, 4) is 0 Å². The molecule has 0 radical (unpaired) electrons. The summed E-state index contributed by atoms with van der Waals surface area (Å²) in [5, 5.41) is 0. The van der Waals surface area contributed by atoms with Gasteiger partial charge in [-0.1, -0.05) is 30.3 Å². The van der Waals surface area contributed by atoms with Crippen LogP contribution < -0.4 is 0 Å². The van der Waals surface area contributed by atoms with Gasteiger partial charge >= 0.3 is 6.09 Å². The minimum absolute atomic E-state index is 0.195. The third kappa shape index (κ3) is 5.92. The highest BCUT2D eigenvalue weighted by Crippen LogP contribution is 2.34. The number of ether oxygens (including phenoxy) is 2. The van der Waals surface area contributed by atoms with E-state index in [9.17, 15) is 13.2 Å². The van der Waals surface area contributed by atoms with Crippen LogP contribution in [0.1, 0.15) is 47.1 Å². The molecule has 7 nitrogen and oxygen atoms in total. The van der Waals surface area contributed by atoms with Crippen LogP contribution in [0.15, 0.2) is 30.3 Å². The predicted molar refractivity (Wildman–Crippen MR) is 102 cm³/mol. The fourth-order valence-corrected chi connectivity index (χ4v) is 4.10. The maximum atomic E-state index is 12.7. The van der Waals surface area contributed by atoms with Crippen LogP contribution in [0, 0.1) is 0 Å². The molecule has 0 N–H and O–H groups in total. The Hall–Kier alpha value is -1.64. The average molecular weight is 400 g/mol. The van der Waals surface area contributed by atoms with Crippen molar-refractivity contribution in [1.82, 2.24) is 4.90 Å². The van der Waals surface area contributed by atoms with E-state index >= 15 is 0 Å². The summed E-state index contributed by atoms with van der Waals surface area (Å²) in [6.07, 6.45) is -0.967. The van der Waals surface area contributed by atoms with E-state index in [2.05, 4.69) is 0 Å². The van der Waals surface area contributed by atoms with Crippen molar-refractivity contribution in [3.05, 3.63) is 35.9 Å². The fraction of sp³-hybridized carbons (Fsp3) is 0.632. The predicted octanol–water partition coefficient (Wildman–Crippen LogP) is 3.29. The smallest absolute Gasteiger partial charge is 0.412 e. The van der Waals surface area contributed by atoms with Crippen LogP contribution in [0.25, 0.3) is 0 Å². The fourth-order valence-electron chi connectivity index (χ4n) is 3.07. The van der Waals surface area contributed by atoms with Gasteiger partial charge in [0.15, 0.2) is 0 Å². The van der Waals surface area contributed by atoms with E-state index in [0.29, 0.717) is 5.56 Å². The topological polar surface area (TPSA) is 82.1 Å². The molecule has 0 saturated carbocycles. The number of carbonyl (C=O) groups is 1. The molecule has 1 aromatic carbocycles. The summed E-state index contributed by atoms with van der Waals surface area (Å²) >= 11 is 0. The SMILES string of the molecule is C[C@H]1OC(C)(C)N(C(=O)OC(C)(C)C)[C@@H]1COS(=O)(=O)Cc1ccccc1. The highest BCUT2D eigenvalue weighted by Gasteiger charge is 2.50. The second kappa shape index (κ2) is 7.77. The Morgan fingerprint density at radius 2 is 1.81 bits per heavy atom. The number of hydrogen-bond acceptors (Lipinski definition) is 6. The van der Waals surface area contributed by atoms with Crippen molar-refractivity contribution in [2.24, 2.45) is 0 Å². The molecule has 27 heavy (non-hydrogen) atoms. The van der Waals surface area contributed by atoms with Gasteiger partial charge in [0, 0.05) is 0 Å². The third-order valence-electron chi connectivity index (χ3n) is 4.12. The van der Waals surface area contributed by atoms with Crippen LogP contribution in [0.3, 0.4) is 0 Å². The Morgan fingerprint density at radius 3 is 2.37 bits per heavy atom. The lowest BCUT2D eigenvalue weighted by molar-refractivity contribution is -0.0760. The van der Waals surface area contributed by atoms with E-state index < -0.39 is 39.7 Å². The number of hydrogen-bond donors (Lipinski definition) is 0. The first-order valence-electron chi connectivity index (χ1n) is 8.92.